The van der Waals surface area contributed by atoms with Crippen molar-refractivity contribution >= 4 is 11.8 Å². The molecule has 0 spiro atoms. The van der Waals surface area contributed by atoms with Crippen molar-refractivity contribution in [1.82, 2.24) is 5.32 Å². The van der Waals surface area contributed by atoms with Gasteiger partial charge in [-0.3, -0.25) is 0 Å². The zero-order chi connectivity index (χ0) is 8.53. The van der Waals surface area contributed by atoms with Crippen molar-refractivity contribution in [1.29, 1.82) is 0 Å². The van der Waals surface area contributed by atoms with Gasteiger partial charge in [0, 0.05) is 30.6 Å². The number of hydrogen-bond acceptors (Lipinski definition) is 4. The average molecular weight is 178 g/mol. The van der Waals surface area contributed by atoms with Gasteiger partial charge in [-0.25, -0.2) is 0 Å². The third-order valence-corrected chi connectivity index (χ3v) is 2.45. The van der Waals surface area contributed by atoms with Crippen molar-refractivity contribution in [2.75, 3.05) is 31.2 Å². The molecule has 68 valence electrons. The third kappa shape index (κ3) is 8.13. The van der Waals surface area contributed by atoms with Crippen LogP contribution in [0.5, 0.6) is 0 Å². The van der Waals surface area contributed by atoms with Gasteiger partial charge in [0.1, 0.15) is 0 Å². The van der Waals surface area contributed by atoms with Crippen LogP contribution in [0.4, 0.5) is 0 Å². The molecule has 0 saturated carbocycles. The van der Waals surface area contributed by atoms with Gasteiger partial charge in [-0.2, -0.15) is 11.8 Å². The molecule has 0 bridgehead atoms. The van der Waals surface area contributed by atoms with Gasteiger partial charge in [0.25, 0.3) is 0 Å². The van der Waals surface area contributed by atoms with Crippen molar-refractivity contribution < 1.29 is 5.11 Å². The van der Waals surface area contributed by atoms with Crippen LogP contribution in [-0.2, 0) is 0 Å². The highest BCUT2D eigenvalue weighted by molar-refractivity contribution is 7.99. The number of thioether (sulfide) groups is 1. The van der Waals surface area contributed by atoms with Crippen LogP contribution in [0.1, 0.15) is 6.92 Å². The molecule has 0 aliphatic carbocycles. The Morgan fingerprint density at radius 2 is 2.36 bits per heavy atom. The lowest BCUT2D eigenvalue weighted by molar-refractivity contribution is 0.322. The molecule has 1 unspecified atom stereocenters. The molecule has 4 N–H and O–H groups in total. The van der Waals surface area contributed by atoms with E-state index in [1.807, 2.05) is 0 Å². The fourth-order valence-electron chi connectivity index (χ4n) is 0.713. The minimum atomic E-state index is 0.272. The molecular formula is C7H18N2OS. The molecule has 3 nitrogen and oxygen atoms in total. The maximum Gasteiger partial charge on any atom is 0.0521 e. The molecule has 0 aromatic heterocycles. The molecule has 0 radical (unpaired) electrons. The summed E-state index contributed by atoms with van der Waals surface area (Å²) in [6, 6.07) is 0.495. The number of rotatable bonds is 7. The Labute approximate surface area is 72.7 Å². The van der Waals surface area contributed by atoms with E-state index in [9.17, 15) is 0 Å². The molecule has 0 aliphatic rings. The van der Waals surface area contributed by atoms with Crippen LogP contribution in [-0.4, -0.2) is 42.4 Å². The van der Waals surface area contributed by atoms with Crippen molar-refractivity contribution in [2.24, 2.45) is 5.73 Å². The van der Waals surface area contributed by atoms with Crippen molar-refractivity contribution in [3.05, 3.63) is 0 Å². The summed E-state index contributed by atoms with van der Waals surface area (Å²) in [6.07, 6.45) is 0. The Bertz CT molecular complexity index is 82.8. The van der Waals surface area contributed by atoms with Crippen LogP contribution >= 0.6 is 11.8 Å². The molecule has 1 atom stereocenters. The maximum absolute atomic E-state index is 8.49. The highest BCUT2D eigenvalue weighted by Crippen LogP contribution is 2.00. The number of hydrogen-bond donors (Lipinski definition) is 3. The van der Waals surface area contributed by atoms with Crippen LogP contribution in [0, 0.1) is 0 Å². The molecule has 0 rings (SSSR count). The summed E-state index contributed by atoms with van der Waals surface area (Å²) < 4.78 is 0. The highest BCUT2D eigenvalue weighted by Gasteiger charge is 1.98. The summed E-state index contributed by atoms with van der Waals surface area (Å²) in [4.78, 5) is 0. The maximum atomic E-state index is 8.49. The van der Waals surface area contributed by atoms with Crippen molar-refractivity contribution in [3.8, 4) is 0 Å². The number of aliphatic hydroxyl groups excluding tert-OH is 1. The monoisotopic (exact) mass is 178 g/mol. The van der Waals surface area contributed by atoms with Gasteiger partial charge >= 0.3 is 0 Å². The molecule has 0 aromatic carbocycles. The largest absolute Gasteiger partial charge is 0.396 e. The average Bonchev–Trinajstić information content (AvgIpc) is 2.01. The second kappa shape index (κ2) is 8.33. The third-order valence-electron chi connectivity index (χ3n) is 1.24. The first-order valence-corrected chi connectivity index (χ1v) is 5.08. The summed E-state index contributed by atoms with van der Waals surface area (Å²) in [6.45, 7) is 3.96. The number of nitrogens with two attached hydrogens (primary N) is 1. The van der Waals surface area contributed by atoms with Crippen LogP contribution in [0.15, 0.2) is 0 Å². The Morgan fingerprint density at radius 1 is 1.64 bits per heavy atom. The molecule has 0 aromatic rings. The van der Waals surface area contributed by atoms with Gasteiger partial charge in [-0.1, -0.05) is 0 Å². The SMILES string of the molecule is CC(CSCCO)NCCN. The summed E-state index contributed by atoms with van der Waals surface area (Å²) >= 11 is 1.76. The minimum absolute atomic E-state index is 0.272. The fourth-order valence-corrected chi connectivity index (χ4v) is 1.48. The second-order valence-electron chi connectivity index (χ2n) is 2.44. The quantitative estimate of drug-likeness (QED) is 0.466. The number of aliphatic hydroxyl groups is 1. The highest BCUT2D eigenvalue weighted by atomic mass is 32.2. The van der Waals surface area contributed by atoms with Gasteiger partial charge in [0.05, 0.1) is 6.61 Å². The lowest BCUT2D eigenvalue weighted by Gasteiger charge is -2.11. The van der Waals surface area contributed by atoms with E-state index in [4.69, 9.17) is 10.8 Å². The van der Waals surface area contributed by atoms with E-state index in [0.29, 0.717) is 12.6 Å². The fraction of sp³-hybridized carbons (Fsp3) is 1.00. The molecule has 0 heterocycles. The summed E-state index contributed by atoms with van der Waals surface area (Å²) in [5, 5.41) is 11.8. The summed E-state index contributed by atoms with van der Waals surface area (Å²) in [7, 11) is 0. The molecule has 0 amide bonds. The predicted molar refractivity (Wildman–Crippen MR) is 50.9 cm³/mol. The van der Waals surface area contributed by atoms with Crippen LogP contribution in [0.2, 0.25) is 0 Å². The minimum Gasteiger partial charge on any atom is -0.396 e. The van der Waals surface area contributed by atoms with E-state index in [0.717, 1.165) is 18.1 Å². The van der Waals surface area contributed by atoms with E-state index < -0.39 is 0 Å². The van der Waals surface area contributed by atoms with E-state index in [1.165, 1.54) is 0 Å². The smallest absolute Gasteiger partial charge is 0.0521 e. The molecule has 11 heavy (non-hydrogen) atoms. The van der Waals surface area contributed by atoms with Gasteiger partial charge in [-0.15, -0.1) is 0 Å². The van der Waals surface area contributed by atoms with Crippen LogP contribution in [0.3, 0.4) is 0 Å². The zero-order valence-corrected chi connectivity index (χ0v) is 7.86. The zero-order valence-electron chi connectivity index (χ0n) is 7.05. The Balaban J connectivity index is 3.02. The first kappa shape index (κ1) is 11.2. The first-order chi connectivity index (χ1) is 5.31. The topological polar surface area (TPSA) is 58.3 Å². The lowest BCUT2D eigenvalue weighted by Crippen LogP contribution is -2.32. The Kier molecular flexibility index (Phi) is 8.50. The summed E-state index contributed by atoms with van der Waals surface area (Å²) in [5.41, 5.74) is 5.32. The molecule has 0 aliphatic heterocycles. The van der Waals surface area contributed by atoms with E-state index in [2.05, 4.69) is 12.2 Å². The standard InChI is InChI=1S/C7H18N2OS/c1-7(9-3-2-8)6-11-5-4-10/h7,9-10H,2-6,8H2,1H3. The normalized spacial score (nSPS) is 13.4. The molecular weight excluding hydrogens is 160 g/mol. The van der Waals surface area contributed by atoms with Crippen LogP contribution < -0.4 is 11.1 Å². The van der Waals surface area contributed by atoms with E-state index >= 15 is 0 Å². The Hall–Kier alpha value is 0.230. The first-order valence-electron chi connectivity index (χ1n) is 3.93. The van der Waals surface area contributed by atoms with Crippen LogP contribution in [0.25, 0.3) is 0 Å². The second-order valence-corrected chi connectivity index (χ2v) is 3.59. The van der Waals surface area contributed by atoms with Gasteiger partial charge in [0.2, 0.25) is 0 Å². The predicted octanol–water partition coefficient (Wildman–Crippen LogP) is -0.351. The van der Waals surface area contributed by atoms with Crippen molar-refractivity contribution in [2.45, 2.75) is 13.0 Å². The molecule has 0 fully saturated rings. The van der Waals surface area contributed by atoms with Crippen molar-refractivity contribution in [3.63, 3.8) is 0 Å². The summed E-state index contributed by atoms with van der Waals surface area (Å²) in [5.74, 6) is 1.87. The van der Waals surface area contributed by atoms with Gasteiger partial charge in [0.15, 0.2) is 0 Å². The Morgan fingerprint density at radius 3 is 2.91 bits per heavy atom. The van der Waals surface area contributed by atoms with Gasteiger partial charge in [-0.05, 0) is 6.92 Å². The number of nitrogens with one attached hydrogen (secondary N) is 1. The lowest BCUT2D eigenvalue weighted by atomic mass is 10.4. The van der Waals surface area contributed by atoms with E-state index in [-0.39, 0.29) is 6.61 Å². The van der Waals surface area contributed by atoms with E-state index in [1.54, 1.807) is 11.8 Å². The van der Waals surface area contributed by atoms with Gasteiger partial charge < -0.3 is 16.2 Å². The molecule has 4 heteroatoms. The molecule has 0 saturated heterocycles.